The lowest BCUT2D eigenvalue weighted by Gasteiger charge is -2.09. The summed E-state index contributed by atoms with van der Waals surface area (Å²) >= 11 is 1.50. The Hall–Kier alpha value is -3.05. The highest BCUT2D eigenvalue weighted by atomic mass is 32.1. The lowest BCUT2D eigenvalue weighted by Crippen LogP contribution is -2.22. The van der Waals surface area contributed by atoms with E-state index in [0.717, 1.165) is 26.9 Å². The molecule has 3 heterocycles. The van der Waals surface area contributed by atoms with E-state index in [1.54, 1.807) is 18.6 Å². The molecule has 0 fully saturated rings. The first-order valence-corrected chi connectivity index (χ1v) is 8.74. The minimum Gasteiger partial charge on any atom is -0.347 e. The van der Waals surface area contributed by atoms with Crippen LogP contribution in [-0.2, 0) is 6.54 Å². The van der Waals surface area contributed by atoms with Crippen LogP contribution in [0.5, 0.6) is 0 Å². The molecular formula is C20H15N3OS. The number of fused-ring (bicyclic) bond motifs is 1. The Kier molecular flexibility index (Phi) is 4.23. The van der Waals surface area contributed by atoms with E-state index in [1.165, 1.54) is 11.3 Å². The number of carbonyl (C=O) groups excluding carboxylic acids is 1. The van der Waals surface area contributed by atoms with Crippen LogP contribution < -0.4 is 5.32 Å². The third-order valence-electron chi connectivity index (χ3n) is 3.91. The zero-order chi connectivity index (χ0) is 17.1. The SMILES string of the molecule is O=C(NCc1cccnc1-c1cccnc1)c1cc2ccccc2s1. The number of benzene rings is 1. The molecule has 0 radical (unpaired) electrons. The zero-order valence-electron chi connectivity index (χ0n) is 13.3. The normalized spacial score (nSPS) is 10.7. The summed E-state index contributed by atoms with van der Waals surface area (Å²) in [6, 6.07) is 17.6. The molecule has 0 aliphatic rings. The fraction of sp³-hybridized carbons (Fsp3) is 0.0500. The van der Waals surface area contributed by atoms with Crippen molar-refractivity contribution in [2.75, 3.05) is 0 Å². The Labute approximate surface area is 149 Å². The highest BCUT2D eigenvalue weighted by molar-refractivity contribution is 7.20. The van der Waals surface area contributed by atoms with Crippen molar-refractivity contribution in [2.45, 2.75) is 6.54 Å². The van der Waals surface area contributed by atoms with Gasteiger partial charge >= 0.3 is 0 Å². The van der Waals surface area contributed by atoms with E-state index >= 15 is 0 Å². The van der Waals surface area contributed by atoms with Gasteiger partial charge in [0.1, 0.15) is 0 Å². The molecule has 4 rings (SSSR count). The minimum absolute atomic E-state index is 0.0674. The van der Waals surface area contributed by atoms with Gasteiger partial charge in [0.2, 0.25) is 0 Å². The molecule has 1 amide bonds. The number of thiophene rings is 1. The second-order valence-electron chi connectivity index (χ2n) is 5.58. The van der Waals surface area contributed by atoms with Crippen molar-refractivity contribution in [3.63, 3.8) is 0 Å². The van der Waals surface area contributed by atoms with Crippen molar-refractivity contribution in [1.29, 1.82) is 0 Å². The Bertz CT molecular complexity index is 994. The second kappa shape index (κ2) is 6.83. The van der Waals surface area contributed by atoms with Crippen LogP contribution in [0.3, 0.4) is 0 Å². The van der Waals surface area contributed by atoms with Gasteiger partial charge in [-0.05, 0) is 41.3 Å². The number of amides is 1. The first-order chi connectivity index (χ1) is 12.3. The molecule has 5 heteroatoms. The molecule has 0 unspecified atom stereocenters. The molecule has 0 atom stereocenters. The topological polar surface area (TPSA) is 54.9 Å². The van der Waals surface area contributed by atoms with E-state index in [4.69, 9.17) is 0 Å². The van der Waals surface area contributed by atoms with Crippen molar-refractivity contribution in [2.24, 2.45) is 0 Å². The third-order valence-corrected chi connectivity index (χ3v) is 5.03. The van der Waals surface area contributed by atoms with E-state index < -0.39 is 0 Å². The van der Waals surface area contributed by atoms with Gasteiger partial charge in [-0.2, -0.15) is 0 Å². The molecule has 4 nitrogen and oxygen atoms in total. The highest BCUT2D eigenvalue weighted by Crippen LogP contribution is 2.25. The fourth-order valence-electron chi connectivity index (χ4n) is 2.70. The van der Waals surface area contributed by atoms with Crippen LogP contribution in [-0.4, -0.2) is 15.9 Å². The molecule has 0 saturated carbocycles. The number of rotatable bonds is 4. The Morgan fingerprint density at radius 3 is 2.76 bits per heavy atom. The van der Waals surface area contributed by atoms with E-state index in [2.05, 4.69) is 15.3 Å². The third kappa shape index (κ3) is 3.27. The van der Waals surface area contributed by atoms with Gasteiger partial charge in [-0.3, -0.25) is 14.8 Å². The quantitative estimate of drug-likeness (QED) is 0.600. The molecule has 0 aliphatic carbocycles. The average molecular weight is 345 g/mol. The Balaban J connectivity index is 1.54. The molecule has 3 aromatic heterocycles. The largest absolute Gasteiger partial charge is 0.347 e. The summed E-state index contributed by atoms with van der Waals surface area (Å²) in [6.07, 6.45) is 5.26. The first kappa shape index (κ1) is 15.5. The van der Waals surface area contributed by atoms with Crippen LogP contribution in [0.2, 0.25) is 0 Å². The lowest BCUT2D eigenvalue weighted by molar-refractivity contribution is 0.0955. The Morgan fingerprint density at radius 2 is 1.92 bits per heavy atom. The van der Waals surface area contributed by atoms with Crippen LogP contribution in [0.4, 0.5) is 0 Å². The first-order valence-electron chi connectivity index (χ1n) is 7.92. The molecular weight excluding hydrogens is 330 g/mol. The van der Waals surface area contributed by atoms with E-state index in [-0.39, 0.29) is 5.91 Å². The summed E-state index contributed by atoms with van der Waals surface area (Å²) in [4.78, 5) is 21.8. The van der Waals surface area contributed by atoms with Crippen molar-refractivity contribution < 1.29 is 4.79 Å². The van der Waals surface area contributed by atoms with Gasteiger partial charge in [0, 0.05) is 35.4 Å². The number of nitrogens with one attached hydrogen (secondary N) is 1. The fourth-order valence-corrected chi connectivity index (χ4v) is 3.68. The number of nitrogens with zero attached hydrogens (tertiary/aromatic N) is 2. The molecule has 1 aromatic carbocycles. The number of hydrogen-bond acceptors (Lipinski definition) is 4. The summed E-state index contributed by atoms with van der Waals surface area (Å²) in [5, 5.41) is 4.09. The van der Waals surface area contributed by atoms with E-state index in [9.17, 15) is 4.79 Å². The minimum atomic E-state index is -0.0674. The summed E-state index contributed by atoms with van der Waals surface area (Å²) in [5.41, 5.74) is 2.74. The van der Waals surface area contributed by atoms with E-state index in [0.29, 0.717) is 11.4 Å². The van der Waals surface area contributed by atoms with Gasteiger partial charge < -0.3 is 5.32 Å². The van der Waals surface area contributed by atoms with Crippen LogP contribution in [0.15, 0.2) is 73.2 Å². The maximum Gasteiger partial charge on any atom is 0.261 e. The van der Waals surface area contributed by atoms with Gasteiger partial charge in [0.05, 0.1) is 10.6 Å². The Morgan fingerprint density at radius 1 is 1.04 bits per heavy atom. The van der Waals surface area contributed by atoms with Gasteiger partial charge in [-0.15, -0.1) is 11.3 Å². The molecule has 1 N–H and O–H groups in total. The van der Waals surface area contributed by atoms with Crippen LogP contribution in [0.25, 0.3) is 21.3 Å². The van der Waals surface area contributed by atoms with E-state index in [1.807, 2.05) is 54.6 Å². The second-order valence-corrected chi connectivity index (χ2v) is 6.67. The van der Waals surface area contributed by atoms with Gasteiger partial charge in [0.25, 0.3) is 5.91 Å². The molecule has 0 spiro atoms. The van der Waals surface area contributed by atoms with Crippen molar-refractivity contribution >= 4 is 27.3 Å². The average Bonchev–Trinajstić information content (AvgIpc) is 3.11. The highest BCUT2D eigenvalue weighted by Gasteiger charge is 2.12. The van der Waals surface area contributed by atoms with Gasteiger partial charge in [-0.25, -0.2) is 0 Å². The molecule has 0 aliphatic heterocycles. The summed E-state index contributed by atoms with van der Waals surface area (Å²) in [7, 11) is 0. The molecule has 25 heavy (non-hydrogen) atoms. The predicted molar refractivity (Wildman–Crippen MR) is 100 cm³/mol. The standard InChI is InChI=1S/C20H15N3OS/c24-20(18-11-14-5-1-2-8-17(14)25-18)23-13-16-7-4-10-22-19(16)15-6-3-9-21-12-15/h1-12H,13H2,(H,23,24). The molecule has 4 aromatic rings. The molecule has 122 valence electrons. The van der Waals surface area contributed by atoms with Crippen LogP contribution >= 0.6 is 11.3 Å². The monoisotopic (exact) mass is 345 g/mol. The predicted octanol–water partition coefficient (Wildman–Crippen LogP) is 4.29. The van der Waals surface area contributed by atoms with Crippen molar-refractivity contribution in [1.82, 2.24) is 15.3 Å². The van der Waals surface area contributed by atoms with Crippen LogP contribution in [0, 0.1) is 0 Å². The smallest absolute Gasteiger partial charge is 0.261 e. The molecule has 0 bridgehead atoms. The number of carbonyl (C=O) groups is 1. The summed E-state index contributed by atoms with van der Waals surface area (Å²) in [6.45, 7) is 0.422. The lowest BCUT2D eigenvalue weighted by atomic mass is 10.1. The summed E-state index contributed by atoms with van der Waals surface area (Å²) < 4.78 is 1.12. The van der Waals surface area contributed by atoms with Crippen LogP contribution in [0.1, 0.15) is 15.2 Å². The summed E-state index contributed by atoms with van der Waals surface area (Å²) in [5.74, 6) is -0.0674. The van der Waals surface area contributed by atoms with Gasteiger partial charge in [0.15, 0.2) is 0 Å². The zero-order valence-corrected chi connectivity index (χ0v) is 14.2. The van der Waals surface area contributed by atoms with Gasteiger partial charge in [-0.1, -0.05) is 24.3 Å². The maximum atomic E-state index is 12.5. The molecule has 0 saturated heterocycles. The van der Waals surface area contributed by atoms with Crippen molar-refractivity contribution in [3.05, 3.63) is 83.6 Å². The van der Waals surface area contributed by atoms with Crippen molar-refractivity contribution in [3.8, 4) is 11.3 Å². The number of pyridine rings is 2. The number of aromatic nitrogens is 2. The maximum absolute atomic E-state index is 12.5. The number of hydrogen-bond donors (Lipinski definition) is 1.